The van der Waals surface area contributed by atoms with Crippen LogP contribution in [-0.4, -0.2) is 41.9 Å². The number of carboxylic acid groups (broad SMARTS) is 1. The minimum Gasteiger partial charge on any atom is -0.480 e. The zero-order valence-corrected chi connectivity index (χ0v) is 10.6. The van der Waals surface area contributed by atoms with Gasteiger partial charge in [0.1, 0.15) is 16.6 Å². The molecule has 6 nitrogen and oxygen atoms in total. The lowest BCUT2D eigenvalue weighted by Gasteiger charge is -2.17. The SMILES string of the molecule is C#CCN(CC(=O)O)S(=O)(=O)c1cccnc1Cl. The fourth-order valence-electron chi connectivity index (χ4n) is 1.18. The second-order valence-electron chi connectivity index (χ2n) is 3.16. The van der Waals surface area contributed by atoms with Gasteiger partial charge in [0.25, 0.3) is 0 Å². The van der Waals surface area contributed by atoms with Crippen LogP contribution in [0.1, 0.15) is 0 Å². The molecule has 1 N–H and O–H groups in total. The highest BCUT2D eigenvalue weighted by molar-refractivity contribution is 7.89. The second-order valence-corrected chi connectivity index (χ2v) is 5.43. The van der Waals surface area contributed by atoms with E-state index in [4.69, 9.17) is 23.1 Å². The van der Waals surface area contributed by atoms with Gasteiger partial charge in [-0.05, 0) is 12.1 Å². The van der Waals surface area contributed by atoms with E-state index in [1.54, 1.807) is 0 Å². The molecule has 0 amide bonds. The van der Waals surface area contributed by atoms with Crippen molar-refractivity contribution in [2.45, 2.75) is 4.90 Å². The van der Waals surface area contributed by atoms with Gasteiger partial charge >= 0.3 is 5.97 Å². The van der Waals surface area contributed by atoms with Crippen LogP contribution in [0.25, 0.3) is 0 Å². The molecule has 8 heteroatoms. The number of rotatable bonds is 5. The molecule has 0 radical (unpaired) electrons. The van der Waals surface area contributed by atoms with Crippen LogP contribution in [-0.2, 0) is 14.8 Å². The highest BCUT2D eigenvalue weighted by atomic mass is 35.5. The zero-order valence-electron chi connectivity index (χ0n) is 9.08. The summed E-state index contributed by atoms with van der Waals surface area (Å²) in [4.78, 5) is 14.0. The van der Waals surface area contributed by atoms with Gasteiger partial charge in [0, 0.05) is 6.20 Å². The molecule has 0 spiro atoms. The Morgan fingerprint density at radius 1 is 1.61 bits per heavy atom. The van der Waals surface area contributed by atoms with Crippen molar-refractivity contribution in [2.24, 2.45) is 0 Å². The standard InChI is InChI=1S/C10H9ClN2O4S/c1-2-6-13(7-9(14)15)18(16,17)8-4-3-5-12-10(8)11/h1,3-5H,6-7H2,(H,14,15). The van der Waals surface area contributed by atoms with Crippen molar-refractivity contribution in [1.29, 1.82) is 0 Å². The quantitative estimate of drug-likeness (QED) is 0.627. The van der Waals surface area contributed by atoms with Crippen LogP contribution in [0.15, 0.2) is 23.2 Å². The minimum atomic E-state index is -4.07. The van der Waals surface area contributed by atoms with Crippen LogP contribution in [0.4, 0.5) is 0 Å². The Labute approximate surface area is 109 Å². The summed E-state index contributed by atoms with van der Waals surface area (Å²) in [5.74, 6) is 0.777. The lowest BCUT2D eigenvalue weighted by atomic mass is 10.5. The first-order chi connectivity index (χ1) is 8.39. The Balaban J connectivity index is 3.22. The molecule has 96 valence electrons. The monoisotopic (exact) mass is 288 g/mol. The Morgan fingerprint density at radius 2 is 2.28 bits per heavy atom. The highest BCUT2D eigenvalue weighted by Crippen LogP contribution is 2.21. The van der Waals surface area contributed by atoms with E-state index in [1.165, 1.54) is 18.3 Å². The van der Waals surface area contributed by atoms with E-state index in [0.717, 1.165) is 0 Å². The number of carboxylic acids is 1. The summed E-state index contributed by atoms with van der Waals surface area (Å²) in [7, 11) is -4.07. The topological polar surface area (TPSA) is 87.6 Å². The van der Waals surface area contributed by atoms with Crippen LogP contribution in [0, 0.1) is 12.3 Å². The molecular formula is C10H9ClN2O4S. The predicted molar refractivity (Wildman–Crippen MR) is 64.5 cm³/mol. The number of hydrogen-bond donors (Lipinski definition) is 1. The summed E-state index contributed by atoms with van der Waals surface area (Å²) in [5, 5.41) is 8.44. The molecule has 0 aliphatic rings. The van der Waals surface area contributed by atoms with Gasteiger partial charge in [0.15, 0.2) is 0 Å². The Bertz CT molecular complexity index is 594. The van der Waals surface area contributed by atoms with E-state index < -0.39 is 22.5 Å². The number of terminal acetylenes is 1. The number of carbonyl (C=O) groups is 1. The van der Waals surface area contributed by atoms with Crippen molar-refractivity contribution in [3.63, 3.8) is 0 Å². The van der Waals surface area contributed by atoms with Gasteiger partial charge in [0.05, 0.1) is 6.54 Å². The lowest BCUT2D eigenvalue weighted by molar-refractivity contribution is -0.137. The molecule has 18 heavy (non-hydrogen) atoms. The molecule has 1 aromatic rings. The van der Waals surface area contributed by atoms with Crippen molar-refractivity contribution in [3.8, 4) is 12.3 Å². The Morgan fingerprint density at radius 3 is 2.78 bits per heavy atom. The van der Waals surface area contributed by atoms with E-state index in [-0.39, 0.29) is 16.6 Å². The molecule has 1 rings (SSSR count). The third-order valence-electron chi connectivity index (χ3n) is 1.92. The maximum Gasteiger partial charge on any atom is 0.318 e. The van der Waals surface area contributed by atoms with Gasteiger partial charge in [-0.15, -0.1) is 6.42 Å². The summed E-state index contributed by atoms with van der Waals surface area (Å²) in [6, 6.07) is 2.61. The number of hydrogen-bond acceptors (Lipinski definition) is 4. The molecule has 0 saturated carbocycles. The van der Waals surface area contributed by atoms with Crippen LogP contribution >= 0.6 is 11.6 Å². The van der Waals surface area contributed by atoms with Crippen molar-refractivity contribution < 1.29 is 18.3 Å². The predicted octanol–water partition coefficient (Wildman–Crippen LogP) is 0.443. The van der Waals surface area contributed by atoms with Gasteiger partial charge in [-0.3, -0.25) is 4.79 Å². The average molecular weight is 289 g/mol. The average Bonchev–Trinajstić information content (AvgIpc) is 2.28. The van der Waals surface area contributed by atoms with Crippen molar-refractivity contribution in [3.05, 3.63) is 23.5 Å². The van der Waals surface area contributed by atoms with Crippen LogP contribution in [0.5, 0.6) is 0 Å². The molecule has 0 aromatic carbocycles. The number of sulfonamides is 1. The van der Waals surface area contributed by atoms with Gasteiger partial charge < -0.3 is 5.11 Å². The van der Waals surface area contributed by atoms with E-state index in [1.807, 2.05) is 0 Å². The first kappa shape index (κ1) is 14.4. The molecule has 0 saturated heterocycles. The Kier molecular flexibility index (Phi) is 4.67. The van der Waals surface area contributed by atoms with Crippen LogP contribution in [0.3, 0.4) is 0 Å². The molecule has 0 fully saturated rings. The van der Waals surface area contributed by atoms with Gasteiger partial charge in [-0.2, -0.15) is 4.31 Å². The molecule has 0 aliphatic heterocycles. The van der Waals surface area contributed by atoms with Gasteiger partial charge in [-0.25, -0.2) is 13.4 Å². The molecule has 1 heterocycles. The van der Waals surface area contributed by atoms with E-state index in [9.17, 15) is 13.2 Å². The summed E-state index contributed by atoms with van der Waals surface area (Å²) in [5.41, 5.74) is 0. The van der Waals surface area contributed by atoms with E-state index in [0.29, 0.717) is 4.31 Å². The van der Waals surface area contributed by atoms with Crippen molar-refractivity contribution in [1.82, 2.24) is 9.29 Å². The molecular weight excluding hydrogens is 280 g/mol. The number of aromatic nitrogens is 1. The minimum absolute atomic E-state index is 0.232. The van der Waals surface area contributed by atoms with E-state index in [2.05, 4.69) is 10.9 Å². The molecule has 0 aliphatic carbocycles. The zero-order chi connectivity index (χ0) is 13.8. The van der Waals surface area contributed by atoms with Crippen LogP contribution < -0.4 is 0 Å². The van der Waals surface area contributed by atoms with Crippen molar-refractivity contribution >= 4 is 27.6 Å². The first-order valence-electron chi connectivity index (χ1n) is 4.65. The number of aliphatic carboxylic acids is 1. The fraction of sp³-hybridized carbons (Fsp3) is 0.200. The molecule has 0 bridgehead atoms. The van der Waals surface area contributed by atoms with Crippen molar-refractivity contribution in [2.75, 3.05) is 13.1 Å². The summed E-state index contributed by atoms with van der Waals surface area (Å²) in [6.07, 6.45) is 6.34. The lowest BCUT2D eigenvalue weighted by Crippen LogP contribution is -2.36. The Hall–Kier alpha value is -1.62. The summed E-state index contributed by atoms with van der Waals surface area (Å²) >= 11 is 5.67. The smallest absolute Gasteiger partial charge is 0.318 e. The molecule has 1 aromatic heterocycles. The summed E-state index contributed by atoms with van der Waals surface area (Å²) < 4.78 is 24.9. The largest absolute Gasteiger partial charge is 0.480 e. The van der Waals surface area contributed by atoms with E-state index >= 15 is 0 Å². The third-order valence-corrected chi connectivity index (χ3v) is 4.16. The molecule has 0 unspecified atom stereocenters. The third kappa shape index (κ3) is 3.20. The maximum atomic E-state index is 12.1. The normalized spacial score (nSPS) is 11.2. The summed E-state index contributed by atoms with van der Waals surface area (Å²) in [6.45, 7) is -1.10. The van der Waals surface area contributed by atoms with Crippen LogP contribution in [0.2, 0.25) is 5.15 Å². The molecule has 0 atom stereocenters. The van der Waals surface area contributed by atoms with Gasteiger partial charge in [0.2, 0.25) is 10.0 Å². The van der Waals surface area contributed by atoms with Gasteiger partial charge in [-0.1, -0.05) is 17.5 Å². The number of nitrogens with zero attached hydrogens (tertiary/aromatic N) is 2. The second kappa shape index (κ2) is 5.82. The fourth-order valence-corrected chi connectivity index (χ4v) is 2.91. The number of pyridine rings is 1. The maximum absolute atomic E-state index is 12.1. The number of halogens is 1. The first-order valence-corrected chi connectivity index (χ1v) is 6.47. The highest BCUT2D eigenvalue weighted by Gasteiger charge is 2.28.